The van der Waals surface area contributed by atoms with Gasteiger partial charge in [0.25, 0.3) is 0 Å². The maximum atomic E-state index is 9.94. The van der Waals surface area contributed by atoms with Crippen molar-refractivity contribution in [1.82, 2.24) is 0 Å². The van der Waals surface area contributed by atoms with E-state index >= 15 is 0 Å². The van der Waals surface area contributed by atoms with Crippen molar-refractivity contribution in [3.8, 4) is 0 Å². The van der Waals surface area contributed by atoms with Gasteiger partial charge in [0.1, 0.15) is 0 Å². The quantitative estimate of drug-likeness (QED) is 0.602. The maximum absolute atomic E-state index is 9.94. The zero-order valence-corrected chi connectivity index (χ0v) is 7.51. The van der Waals surface area contributed by atoms with Crippen LogP contribution in [-0.2, 0) is 0 Å². The Balaban J connectivity index is 2.48. The van der Waals surface area contributed by atoms with Crippen LogP contribution in [0.1, 0.15) is 39.5 Å². The SMILES string of the molecule is CC1CCC(O)(C(C)N)CC1. The molecule has 1 atom stereocenters. The fourth-order valence-electron chi connectivity index (χ4n) is 1.72. The van der Waals surface area contributed by atoms with E-state index in [4.69, 9.17) is 5.73 Å². The van der Waals surface area contributed by atoms with E-state index in [1.807, 2.05) is 6.92 Å². The van der Waals surface area contributed by atoms with Crippen LogP contribution in [-0.4, -0.2) is 16.7 Å². The monoisotopic (exact) mass is 157 g/mol. The Kier molecular flexibility index (Phi) is 2.55. The van der Waals surface area contributed by atoms with Crippen LogP contribution in [0, 0.1) is 5.92 Å². The van der Waals surface area contributed by atoms with Crippen LogP contribution >= 0.6 is 0 Å². The highest BCUT2D eigenvalue weighted by molar-refractivity contribution is 4.90. The van der Waals surface area contributed by atoms with E-state index in [2.05, 4.69) is 6.92 Å². The van der Waals surface area contributed by atoms with Crippen LogP contribution in [0.15, 0.2) is 0 Å². The predicted molar refractivity (Wildman–Crippen MR) is 46.2 cm³/mol. The normalized spacial score (nSPS) is 42.0. The number of aliphatic hydroxyl groups is 1. The third kappa shape index (κ3) is 1.94. The van der Waals surface area contributed by atoms with Crippen molar-refractivity contribution < 1.29 is 5.11 Å². The van der Waals surface area contributed by atoms with E-state index in [-0.39, 0.29) is 6.04 Å². The molecule has 0 amide bonds. The van der Waals surface area contributed by atoms with E-state index in [0.717, 1.165) is 31.6 Å². The van der Waals surface area contributed by atoms with Crippen molar-refractivity contribution in [2.45, 2.75) is 51.2 Å². The van der Waals surface area contributed by atoms with Gasteiger partial charge in [-0.1, -0.05) is 6.92 Å². The number of nitrogens with two attached hydrogens (primary N) is 1. The van der Waals surface area contributed by atoms with Crippen LogP contribution in [0.25, 0.3) is 0 Å². The second-order valence-corrected chi connectivity index (χ2v) is 4.07. The lowest BCUT2D eigenvalue weighted by Gasteiger charge is -2.37. The topological polar surface area (TPSA) is 46.2 Å². The molecular weight excluding hydrogens is 138 g/mol. The molecule has 0 aliphatic heterocycles. The summed E-state index contributed by atoms with van der Waals surface area (Å²) in [5, 5.41) is 9.94. The van der Waals surface area contributed by atoms with Gasteiger partial charge < -0.3 is 10.8 Å². The van der Waals surface area contributed by atoms with Gasteiger partial charge in [-0.3, -0.25) is 0 Å². The molecule has 0 aromatic rings. The van der Waals surface area contributed by atoms with Crippen LogP contribution in [0.2, 0.25) is 0 Å². The number of rotatable bonds is 1. The number of hydrogen-bond donors (Lipinski definition) is 2. The summed E-state index contributed by atoms with van der Waals surface area (Å²) in [4.78, 5) is 0. The Labute approximate surface area is 68.8 Å². The van der Waals surface area contributed by atoms with Gasteiger partial charge in [-0.2, -0.15) is 0 Å². The van der Waals surface area contributed by atoms with Crippen molar-refractivity contribution in [3.63, 3.8) is 0 Å². The summed E-state index contributed by atoms with van der Waals surface area (Å²) in [5.74, 6) is 0.772. The summed E-state index contributed by atoms with van der Waals surface area (Å²) in [6.07, 6.45) is 4.01. The molecule has 1 aliphatic rings. The fourth-order valence-corrected chi connectivity index (χ4v) is 1.72. The van der Waals surface area contributed by atoms with Crippen molar-refractivity contribution >= 4 is 0 Å². The van der Waals surface area contributed by atoms with Gasteiger partial charge in [0.05, 0.1) is 5.60 Å². The van der Waals surface area contributed by atoms with E-state index in [1.54, 1.807) is 0 Å². The Morgan fingerprint density at radius 2 is 1.91 bits per heavy atom. The van der Waals surface area contributed by atoms with Gasteiger partial charge in [-0.25, -0.2) is 0 Å². The summed E-state index contributed by atoms with van der Waals surface area (Å²) in [6.45, 7) is 4.14. The first-order chi connectivity index (χ1) is 5.04. The molecule has 1 saturated carbocycles. The molecule has 0 radical (unpaired) electrons. The van der Waals surface area contributed by atoms with Gasteiger partial charge in [-0.05, 0) is 38.5 Å². The van der Waals surface area contributed by atoms with Crippen LogP contribution < -0.4 is 5.73 Å². The molecular formula is C9H19NO. The van der Waals surface area contributed by atoms with Crippen molar-refractivity contribution in [3.05, 3.63) is 0 Å². The smallest absolute Gasteiger partial charge is 0.0795 e. The third-order valence-electron chi connectivity index (χ3n) is 2.99. The highest BCUT2D eigenvalue weighted by Crippen LogP contribution is 2.33. The summed E-state index contributed by atoms with van der Waals surface area (Å²) in [6, 6.07) is -0.0741. The maximum Gasteiger partial charge on any atom is 0.0795 e. The van der Waals surface area contributed by atoms with Crippen molar-refractivity contribution in [1.29, 1.82) is 0 Å². The van der Waals surface area contributed by atoms with Gasteiger partial charge in [0.15, 0.2) is 0 Å². The van der Waals surface area contributed by atoms with E-state index in [0.29, 0.717) is 0 Å². The molecule has 0 spiro atoms. The minimum absolute atomic E-state index is 0.0741. The molecule has 0 aromatic heterocycles. The largest absolute Gasteiger partial charge is 0.388 e. The minimum Gasteiger partial charge on any atom is -0.388 e. The van der Waals surface area contributed by atoms with Gasteiger partial charge in [-0.15, -0.1) is 0 Å². The van der Waals surface area contributed by atoms with E-state index < -0.39 is 5.60 Å². The molecule has 2 heteroatoms. The van der Waals surface area contributed by atoms with Gasteiger partial charge in [0.2, 0.25) is 0 Å². The molecule has 0 saturated heterocycles. The van der Waals surface area contributed by atoms with Gasteiger partial charge in [0, 0.05) is 6.04 Å². The molecule has 66 valence electrons. The Morgan fingerprint density at radius 3 is 2.27 bits per heavy atom. The molecule has 0 heterocycles. The number of hydrogen-bond acceptors (Lipinski definition) is 2. The van der Waals surface area contributed by atoms with Crippen LogP contribution in [0.5, 0.6) is 0 Å². The average molecular weight is 157 g/mol. The summed E-state index contributed by atoms with van der Waals surface area (Å²) < 4.78 is 0. The Morgan fingerprint density at radius 1 is 1.45 bits per heavy atom. The Bertz CT molecular complexity index is 126. The van der Waals surface area contributed by atoms with Gasteiger partial charge >= 0.3 is 0 Å². The molecule has 1 aliphatic carbocycles. The lowest BCUT2D eigenvalue weighted by Crippen LogP contribution is -2.48. The zero-order chi connectivity index (χ0) is 8.48. The van der Waals surface area contributed by atoms with Crippen LogP contribution in [0.4, 0.5) is 0 Å². The summed E-state index contributed by atoms with van der Waals surface area (Å²) in [5.41, 5.74) is 5.13. The molecule has 1 rings (SSSR count). The van der Waals surface area contributed by atoms with Crippen molar-refractivity contribution in [2.75, 3.05) is 0 Å². The van der Waals surface area contributed by atoms with Crippen molar-refractivity contribution in [2.24, 2.45) is 11.7 Å². The van der Waals surface area contributed by atoms with E-state index in [1.165, 1.54) is 0 Å². The lowest BCUT2D eigenvalue weighted by molar-refractivity contribution is -0.0245. The Hall–Kier alpha value is -0.0800. The zero-order valence-electron chi connectivity index (χ0n) is 7.51. The second kappa shape index (κ2) is 3.11. The summed E-state index contributed by atoms with van der Waals surface area (Å²) in [7, 11) is 0. The average Bonchev–Trinajstić information content (AvgIpc) is 1.95. The second-order valence-electron chi connectivity index (χ2n) is 4.07. The minimum atomic E-state index is -0.563. The first-order valence-corrected chi connectivity index (χ1v) is 4.52. The summed E-state index contributed by atoms with van der Waals surface area (Å²) >= 11 is 0. The standard InChI is InChI=1S/C9H19NO/c1-7-3-5-9(11,6-4-7)8(2)10/h7-8,11H,3-6,10H2,1-2H3. The first-order valence-electron chi connectivity index (χ1n) is 4.52. The molecule has 1 fully saturated rings. The fraction of sp³-hybridized carbons (Fsp3) is 1.00. The first kappa shape index (κ1) is 9.01. The highest BCUT2D eigenvalue weighted by atomic mass is 16.3. The lowest BCUT2D eigenvalue weighted by atomic mass is 9.76. The molecule has 3 N–H and O–H groups in total. The molecule has 2 nitrogen and oxygen atoms in total. The molecule has 0 aromatic carbocycles. The molecule has 11 heavy (non-hydrogen) atoms. The highest BCUT2D eigenvalue weighted by Gasteiger charge is 2.34. The third-order valence-corrected chi connectivity index (χ3v) is 2.99. The molecule has 0 bridgehead atoms. The predicted octanol–water partition coefficient (Wildman–Crippen LogP) is 1.27. The van der Waals surface area contributed by atoms with Crippen LogP contribution in [0.3, 0.4) is 0 Å². The van der Waals surface area contributed by atoms with E-state index in [9.17, 15) is 5.11 Å². The molecule has 1 unspecified atom stereocenters.